The number of benzene rings is 1. The Morgan fingerprint density at radius 2 is 2.00 bits per heavy atom. The van der Waals surface area contributed by atoms with Crippen LogP contribution in [-0.2, 0) is 11.2 Å². The molecule has 1 aliphatic heterocycles. The molecule has 3 rings (SSSR count). The summed E-state index contributed by atoms with van der Waals surface area (Å²) in [7, 11) is 0. The number of hydrogen-bond donors (Lipinski definition) is 1. The van der Waals surface area contributed by atoms with Gasteiger partial charge in [-0.3, -0.25) is 4.79 Å². The molecule has 0 spiro atoms. The lowest BCUT2D eigenvalue weighted by Crippen LogP contribution is -2.36. The summed E-state index contributed by atoms with van der Waals surface area (Å²) in [4.78, 5) is 20.6. The normalized spacial score (nSPS) is 16.4. The second-order valence-corrected chi connectivity index (χ2v) is 7.35. The highest BCUT2D eigenvalue weighted by Gasteiger charge is 2.27. The first-order valence-corrected chi connectivity index (χ1v) is 8.25. The van der Waals surface area contributed by atoms with Crippen molar-refractivity contribution in [2.45, 2.75) is 39.7 Å². The van der Waals surface area contributed by atoms with Gasteiger partial charge in [-0.15, -0.1) is 0 Å². The van der Waals surface area contributed by atoms with Crippen LogP contribution in [0.5, 0.6) is 5.75 Å². The number of aromatic nitrogens is 2. The zero-order chi connectivity index (χ0) is 17.2. The number of hydrogen-bond acceptors (Lipinski definition) is 4. The van der Waals surface area contributed by atoms with E-state index in [1.54, 1.807) is 18.5 Å². The Hall–Kier alpha value is -2.43. The van der Waals surface area contributed by atoms with Crippen LogP contribution in [0.2, 0.25) is 0 Å². The molecule has 1 aromatic carbocycles. The van der Waals surface area contributed by atoms with Crippen LogP contribution >= 0.6 is 0 Å². The number of ether oxygens (including phenoxy) is 1. The van der Waals surface area contributed by atoms with Crippen LogP contribution in [0.1, 0.15) is 32.8 Å². The number of nitrogens with zero attached hydrogens (tertiary/aromatic N) is 2. The van der Waals surface area contributed by atoms with Crippen molar-refractivity contribution >= 4 is 5.91 Å². The van der Waals surface area contributed by atoms with Gasteiger partial charge in [-0.2, -0.15) is 0 Å². The third-order valence-electron chi connectivity index (χ3n) is 3.85. The molecular formula is C19H23N3O2. The minimum atomic E-state index is -0.0474. The van der Waals surface area contributed by atoms with Crippen LogP contribution in [0.15, 0.2) is 36.7 Å². The van der Waals surface area contributed by atoms with Crippen LogP contribution in [0, 0.1) is 5.41 Å². The van der Waals surface area contributed by atoms with E-state index in [0.717, 1.165) is 23.3 Å². The Morgan fingerprint density at radius 3 is 2.71 bits per heavy atom. The molecule has 1 aliphatic rings. The first kappa shape index (κ1) is 16.4. The lowest BCUT2D eigenvalue weighted by molar-refractivity contribution is -0.123. The topological polar surface area (TPSA) is 64.1 Å². The van der Waals surface area contributed by atoms with E-state index in [2.05, 4.69) is 42.1 Å². The van der Waals surface area contributed by atoms with Crippen molar-refractivity contribution in [3.63, 3.8) is 0 Å². The molecule has 1 atom stereocenters. The number of carbonyl (C=O) groups is 1. The molecule has 0 fully saturated rings. The number of rotatable bonds is 4. The van der Waals surface area contributed by atoms with E-state index in [4.69, 9.17) is 4.74 Å². The summed E-state index contributed by atoms with van der Waals surface area (Å²) in [5.41, 5.74) is 2.02. The third kappa shape index (κ3) is 3.91. The highest BCUT2D eigenvalue weighted by molar-refractivity contribution is 5.76. The van der Waals surface area contributed by atoms with Crippen LogP contribution in [0.3, 0.4) is 0 Å². The minimum Gasteiger partial charge on any atom is -0.487 e. The lowest BCUT2D eigenvalue weighted by atomic mass is 9.92. The minimum absolute atomic E-state index is 0.0125. The lowest BCUT2D eigenvalue weighted by Gasteiger charge is -2.18. The van der Waals surface area contributed by atoms with Gasteiger partial charge in [0.1, 0.15) is 11.9 Å². The van der Waals surface area contributed by atoms with Crippen LogP contribution in [0.25, 0.3) is 11.4 Å². The molecule has 0 radical (unpaired) electrons. The largest absolute Gasteiger partial charge is 0.487 e. The van der Waals surface area contributed by atoms with Crippen molar-refractivity contribution in [3.8, 4) is 17.1 Å². The summed E-state index contributed by atoms with van der Waals surface area (Å²) in [5, 5.41) is 2.98. The molecule has 0 unspecified atom stereocenters. The highest BCUT2D eigenvalue weighted by Crippen LogP contribution is 2.37. The molecule has 2 aromatic rings. The Kier molecular flexibility index (Phi) is 4.51. The van der Waals surface area contributed by atoms with Crippen molar-refractivity contribution in [2.75, 3.05) is 6.54 Å². The molecule has 5 heteroatoms. The highest BCUT2D eigenvalue weighted by atomic mass is 16.5. The summed E-state index contributed by atoms with van der Waals surface area (Å²) >= 11 is 0. The van der Waals surface area contributed by atoms with Crippen molar-refractivity contribution < 1.29 is 9.53 Å². The second kappa shape index (κ2) is 6.59. The fourth-order valence-electron chi connectivity index (χ4n) is 2.84. The van der Waals surface area contributed by atoms with Gasteiger partial charge in [-0.05, 0) is 23.1 Å². The number of amides is 1. The predicted octanol–water partition coefficient (Wildman–Crippen LogP) is 3.00. The molecule has 126 valence electrons. The van der Waals surface area contributed by atoms with Gasteiger partial charge in [0.15, 0.2) is 5.82 Å². The SMILES string of the molecule is CC(C)(C)CC(=O)NC[C@H]1Cc2cccc(-c3ncccn3)c2O1. The molecule has 5 nitrogen and oxygen atoms in total. The number of fused-ring (bicyclic) bond motifs is 1. The van der Waals surface area contributed by atoms with Crippen molar-refractivity contribution in [3.05, 3.63) is 42.2 Å². The summed E-state index contributed by atoms with van der Waals surface area (Å²) in [5.74, 6) is 1.55. The van der Waals surface area contributed by atoms with Gasteiger partial charge in [-0.1, -0.05) is 32.9 Å². The fraction of sp³-hybridized carbons (Fsp3) is 0.421. The van der Waals surface area contributed by atoms with Crippen molar-refractivity contribution in [1.82, 2.24) is 15.3 Å². The van der Waals surface area contributed by atoms with E-state index in [0.29, 0.717) is 18.8 Å². The fourth-order valence-corrected chi connectivity index (χ4v) is 2.84. The summed E-state index contributed by atoms with van der Waals surface area (Å²) in [6, 6.07) is 7.81. The molecule has 24 heavy (non-hydrogen) atoms. The summed E-state index contributed by atoms with van der Waals surface area (Å²) in [6.45, 7) is 6.68. The Balaban J connectivity index is 1.66. The van der Waals surface area contributed by atoms with E-state index >= 15 is 0 Å². The van der Waals surface area contributed by atoms with Gasteiger partial charge in [0, 0.05) is 25.2 Å². The summed E-state index contributed by atoms with van der Waals surface area (Å²) < 4.78 is 6.08. The van der Waals surface area contributed by atoms with E-state index in [9.17, 15) is 4.79 Å². The Morgan fingerprint density at radius 1 is 1.25 bits per heavy atom. The van der Waals surface area contributed by atoms with Crippen LogP contribution < -0.4 is 10.1 Å². The first-order chi connectivity index (χ1) is 11.4. The van der Waals surface area contributed by atoms with Crippen molar-refractivity contribution in [2.24, 2.45) is 5.41 Å². The summed E-state index contributed by atoms with van der Waals surface area (Å²) in [6.07, 6.45) is 4.69. The molecule has 0 saturated carbocycles. The van der Waals surface area contributed by atoms with Gasteiger partial charge in [0.05, 0.1) is 12.1 Å². The Labute approximate surface area is 142 Å². The van der Waals surface area contributed by atoms with Gasteiger partial charge >= 0.3 is 0 Å². The van der Waals surface area contributed by atoms with Gasteiger partial charge < -0.3 is 10.1 Å². The molecule has 1 N–H and O–H groups in total. The smallest absolute Gasteiger partial charge is 0.220 e. The van der Waals surface area contributed by atoms with Gasteiger partial charge in [0.2, 0.25) is 5.91 Å². The van der Waals surface area contributed by atoms with E-state index in [-0.39, 0.29) is 17.4 Å². The molecule has 0 aliphatic carbocycles. The Bertz CT molecular complexity index is 723. The zero-order valence-corrected chi connectivity index (χ0v) is 14.4. The van der Waals surface area contributed by atoms with Crippen molar-refractivity contribution in [1.29, 1.82) is 0 Å². The van der Waals surface area contributed by atoms with Crippen LogP contribution in [0.4, 0.5) is 0 Å². The number of nitrogens with one attached hydrogen (secondary N) is 1. The monoisotopic (exact) mass is 325 g/mol. The predicted molar refractivity (Wildman–Crippen MR) is 92.7 cm³/mol. The van der Waals surface area contributed by atoms with E-state index in [1.807, 2.05) is 12.1 Å². The second-order valence-electron chi connectivity index (χ2n) is 7.35. The number of para-hydroxylation sites is 1. The molecular weight excluding hydrogens is 302 g/mol. The van der Waals surface area contributed by atoms with Gasteiger partial charge in [-0.25, -0.2) is 9.97 Å². The maximum Gasteiger partial charge on any atom is 0.220 e. The molecule has 0 saturated heterocycles. The maximum absolute atomic E-state index is 12.0. The third-order valence-corrected chi connectivity index (χ3v) is 3.85. The molecule has 0 bridgehead atoms. The molecule has 2 heterocycles. The quantitative estimate of drug-likeness (QED) is 0.938. The standard InChI is InChI=1S/C19H23N3O2/c1-19(2,3)11-16(23)22-12-14-10-13-6-4-7-15(17(13)24-14)18-20-8-5-9-21-18/h4-9,14H,10-12H2,1-3H3,(H,22,23)/t14-/m1/s1. The average molecular weight is 325 g/mol. The first-order valence-electron chi connectivity index (χ1n) is 8.25. The average Bonchev–Trinajstić information content (AvgIpc) is 2.95. The molecule has 1 amide bonds. The number of carbonyl (C=O) groups excluding carboxylic acids is 1. The van der Waals surface area contributed by atoms with Crippen LogP contribution in [-0.4, -0.2) is 28.5 Å². The van der Waals surface area contributed by atoms with E-state index < -0.39 is 0 Å². The zero-order valence-electron chi connectivity index (χ0n) is 14.4. The van der Waals surface area contributed by atoms with E-state index in [1.165, 1.54) is 0 Å². The van der Waals surface area contributed by atoms with Gasteiger partial charge in [0.25, 0.3) is 0 Å². The maximum atomic E-state index is 12.0. The molecule has 1 aromatic heterocycles.